The summed E-state index contributed by atoms with van der Waals surface area (Å²) < 4.78 is 28.8. The Morgan fingerprint density at radius 1 is 1.00 bits per heavy atom. The molecule has 0 aliphatic rings. The molecule has 0 unspecified atom stereocenters. The van der Waals surface area contributed by atoms with Crippen LogP contribution in [0.2, 0.25) is 0 Å². The van der Waals surface area contributed by atoms with E-state index in [1.54, 1.807) is 0 Å². The molecule has 26 heavy (non-hydrogen) atoms. The van der Waals surface area contributed by atoms with Crippen molar-refractivity contribution in [3.05, 3.63) is 99.5 Å². The number of carbonyl (C=O) groups is 1. The fraction of sp³-hybridized carbons (Fsp3) is 0.100. The summed E-state index contributed by atoms with van der Waals surface area (Å²) in [5.41, 5.74) is 1.28. The Bertz CT molecular complexity index is 1010. The molecule has 1 amide bonds. The molecule has 0 fully saturated rings. The minimum Gasteiger partial charge on any atom is -0.317 e. The zero-order valence-corrected chi connectivity index (χ0v) is 14.0. The number of nitrogens with zero attached hydrogens (tertiary/aromatic N) is 1. The second kappa shape index (κ2) is 7.31. The molecule has 1 N–H and O–H groups in total. The molecule has 0 radical (unpaired) electrons. The average Bonchev–Trinajstić information content (AvgIpc) is 2.62. The molecule has 1 heterocycles. The summed E-state index contributed by atoms with van der Waals surface area (Å²) in [7, 11) is 0. The summed E-state index contributed by atoms with van der Waals surface area (Å²) >= 11 is 0. The topological polar surface area (TPSA) is 51.1 Å². The van der Waals surface area contributed by atoms with Crippen molar-refractivity contribution in [3.63, 3.8) is 0 Å². The number of aryl methyl sites for hydroxylation is 1. The second-order valence-electron chi connectivity index (χ2n) is 5.86. The summed E-state index contributed by atoms with van der Waals surface area (Å²) in [6.07, 6.45) is 1.38. The lowest BCUT2D eigenvalue weighted by Gasteiger charge is -2.11. The largest absolute Gasteiger partial charge is 0.317 e. The van der Waals surface area contributed by atoms with Gasteiger partial charge in [0.15, 0.2) is 0 Å². The highest BCUT2D eigenvalue weighted by atomic mass is 19.1. The highest BCUT2D eigenvalue weighted by Crippen LogP contribution is 2.19. The molecule has 4 nitrogen and oxygen atoms in total. The lowest BCUT2D eigenvalue weighted by atomic mass is 10.1. The summed E-state index contributed by atoms with van der Waals surface area (Å²) in [5, 5.41) is 2.21. The van der Waals surface area contributed by atoms with E-state index < -0.39 is 23.2 Å². The molecule has 0 saturated heterocycles. The first-order valence-electron chi connectivity index (χ1n) is 7.96. The van der Waals surface area contributed by atoms with E-state index >= 15 is 0 Å². The number of pyridine rings is 1. The van der Waals surface area contributed by atoms with Crippen LogP contribution in [0.25, 0.3) is 0 Å². The Hall–Kier alpha value is -3.28. The third-order valence-electron chi connectivity index (χ3n) is 4.05. The van der Waals surface area contributed by atoms with Gasteiger partial charge in [0.1, 0.15) is 17.3 Å². The number of nitrogens with one attached hydrogen (secondary N) is 1. The maximum Gasteiger partial charge on any atom is 0.257 e. The molecule has 0 atom stereocenters. The monoisotopic (exact) mass is 354 g/mol. The van der Waals surface area contributed by atoms with Crippen LogP contribution in [-0.4, -0.2) is 10.5 Å². The van der Waals surface area contributed by atoms with Crippen LogP contribution < -0.4 is 10.9 Å². The number of halogens is 2. The van der Waals surface area contributed by atoms with E-state index in [1.165, 1.54) is 29.0 Å². The number of aromatic nitrogens is 1. The van der Waals surface area contributed by atoms with Gasteiger partial charge >= 0.3 is 0 Å². The Morgan fingerprint density at radius 2 is 1.69 bits per heavy atom. The van der Waals surface area contributed by atoms with Crippen LogP contribution >= 0.6 is 0 Å². The zero-order chi connectivity index (χ0) is 18.7. The average molecular weight is 354 g/mol. The number of rotatable bonds is 4. The van der Waals surface area contributed by atoms with Crippen molar-refractivity contribution in [2.24, 2.45) is 0 Å². The van der Waals surface area contributed by atoms with Gasteiger partial charge in [-0.15, -0.1) is 0 Å². The first-order valence-corrected chi connectivity index (χ1v) is 7.96. The molecular weight excluding hydrogens is 338 g/mol. The molecule has 2 aromatic carbocycles. The lowest BCUT2D eigenvalue weighted by molar-refractivity contribution is 0.102. The highest BCUT2D eigenvalue weighted by molar-refractivity contribution is 6.04. The quantitative estimate of drug-likeness (QED) is 0.776. The van der Waals surface area contributed by atoms with Crippen LogP contribution in [0.1, 0.15) is 21.5 Å². The van der Waals surface area contributed by atoms with E-state index in [-0.39, 0.29) is 11.1 Å². The van der Waals surface area contributed by atoms with Gasteiger partial charge in [-0.2, -0.15) is 0 Å². The SMILES string of the molecule is Cc1ccccc1Cn1cc(C(=O)Nc2c(F)cccc2F)ccc1=O. The number of benzene rings is 2. The maximum absolute atomic E-state index is 13.7. The lowest BCUT2D eigenvalue weighted by Crippen LogP contribution is -2.23. The van der Waals surface area contributed by atoms with Crippen LogP contribution in [-0.2, 0) is 6.54 Å². The Balaban J connectivity index is 1.88. The minimum absolute atomic E-state index is 0.126. The fourth-order valence-electron chi connectivity index (χ4n) is 2.56. The van der Waals surface area contributed by atoms with Crippen molar-refractivity contribution in [1.82, 2.24) is 4.57 Å². The van der Waals surface area contributed by atoms with E-state index in [9.17, 15) is 18.4 Å². The van der Waals surface area contributed by atoms with Crippen LogP contribution in [0, 0.1) is 18.6 Å². The van der Waals surface area contributed by atoms with Crippen LogP contribution in [0.3, 0.4) is 0 Å². The molecule has 0 aliphatic heterocycles. The third-order valence-corrected chi connectivity index (χ3v) is 4.05. The van der Waals surface area contributed by atoms with Crippen molar-refractivity contribution in [2.45, 2.75) is 13.5 Å². The second-order valence-corrected chi connectivity index (χ2v) is 5.86. The van der Waals surface area contributed by atoms with Crippen molar-refractivity contribution >= 4 is 11.6 Å². The van der Waals surface area contributed by atoms with Crippen molar-refractivity contribution in [1.29, 1.82) is 0 Å². The van der Waals surface area contributed by atoms with E-state index in [4.69, 9.17) is 0 Å². The summed E-state index contributed by atoms with van der Waals surface area (Å²) in [4.78, 5) is 24.4. The first-order chi connectivity index (χ1) is 12.5. The molecule has 0 aliphatic carbocycles. The van der Waals surface area contributed by atoms with Crippen molar-refractivity contribution in [3.8, 4) is 0 Å². The number of amides is 1. The fourth-order valence-corrected chi connectivity index (χ4v) is 2.56. The molecule has 0 spiro atoms. The van der Waals surface area contributed by atoms with Gasteiger partial charge < -0.3 is 9.88 Å². The van der Waals surface area contributed by atoms with Gasteiger partial charge in [0, 0.05) is 12.3 Å². The van der Waals surface area contributed by atoms with Crippen LogP contribution in [0.5, 0.6) is 0 Å². The predicted octanol–water partition coefficient (Wildman–Crippen LogP) is 3.74. The number of para-hydroxylation sites is 1. The molecule has 1 aromatic heterocycles. The molecule has 3 aromatic rings. The van der Waals surface area contributed by atoms with Crippen molar-refractivity contribution < 1.29 is 13.6 Å². The van der Waals surface area contributed by atoms with Crippen LogP contribution in [0.4, 0.5) is 14.5 Å². The molecule has 6 heteroatoms. The van der Waals surface area contributed by atoms with Gasteiger partial charge in [-0.1, -0.05) is 30.3 Å². The van der Waals surface area contributed by atoms with E-state index in [0.717, 1.165) is 23.3 Å². The minimum atomic E-state index is -0.869. The molecule has 3 rings (SSSR count). The van der Waals surface area contributed by atoms with E-state index in [2.05, 4.69) is 5.32 Å². The smallest absolute Gasteiger partial charge is 0.257 e. The summed E-state index contributed by atoms with van der Waals surface area (Å²) in [6, 6.07) is 13.5. The van der Waals surface area contributed by atoms with Gasteiger partial charge in [0.25, 0.3) is 11.5 Å². The first kappa shape index (κ1) is 17.5. The molecule has 0 saturated carbocycles. The number of hydrogen-bond donors (Lipinski definition) is 1. The van der Waals surface area contributed by atoms with E-state index in [1.807, 2.05) is 31.2 Å². The number of anilines is 1. The van der Waals surface area contributed by atoms with Crippen molar-refractivity contribution in [2.75, 3.05) is 5.32 Å². The Labute approximate surface area is 148 Å². The normalized spacial score (nSPS) is 10.6. The Kier molecular flexibility index (Phi) is 4.93. The van der Waals surface area contributed by atoms with Crippen LogP contribution in [0.15, 0.2) is 65.6 Å². The molecule has 132 valence electrons. The number of carbonyl (C=O) groups excluding carboxylic acids is 1. The Morgan fingerprint density at radius 3 is 2.38 bits per heavy atom. The van der Waals surface area contributed by atoms with Gasteiger partial charge in [-0.25, -0.2) is 8.78 Å². The summed E-state index contributed by atoms with van der Waals surface area (Å²) in [5.74, 6) is -2.44. The molecule has 0 bridgehead atoms. The zero-order valence-electron chi connectivity index (χ0n) is 14.0. The summed E-state index contributed by atoms with van der Waals surface area (Å²) in [6.45, 7) is 2.22. The predicted molar refractivity (Wildman–Crippen MR) is 95.3 cm³/mol. The van der Waals surface area contributed by atoms with E-state index in [0.29, 0.717) is 6.54 Å². The molecular formula is C20H16F2N2O2. The standard InChI is InChI=1S/C20H16F2N2O2/c1-13-5-2-3-6-14(13)11-24-12-15(9-10-18(24)25)20(26)23-19-16(21)7-4-8-17(19)22/h2-10,12H,11H2,1H3,(H,23,26). The highest BCUT2D eigenvalue weighted by Gasteiger charge is 2.14. The third kappa shape index (κ3) is 3.69. The van der Waals surface area contributed by atoms with Gasteiger partial charge in [0.2, 0.25) is 0 Å². The van der Waals surface area contributed by atoms with Gasteiger partial charge in [-0.3, -0.25) is 9.59 Å². The van der Waals surface area contributed by atoms with Gasteiger partial charge in [0.05, 0.1) is 12.1 Å². The number of hydrogen-bond acceptors (Lipinski definition) is 2. The van der Waals surface area contributed by atoms with Gasteiger partial charge in [-0.05, 0) is 36.2 Å². The maximum atomic E-state index is 13.7.